The molecular weight excluding hydrogens is 250 g/mol. The van der Waals surface area contributed by atoms with Crippen LogP contribution in [0.4, 0.5) is 0 Å². The molecule has 3 rings (SSSR count). The fourth-order valence-corrected chi connectivity index (χ4v) is 3.55. The smallest absolute Gasteiger partial charge is 0.255 e. The first-order valence-corrected chi connectivity index (χ1v) is 7.77. The predicted octanol–water partition coefficient (Wildman–Crippen LogP) is 1.41. The lowest BCUT2D eigenvalue weighted by Gasteiger charge is -2.27. The fourth-order valence-electron chi connectivity index (χ4n) is 3.55. The molecular formula is C16H25N3O. The first-order chi connectivity index (χ1) is 9.65. The molecule has 110 valence electrons. The number of hydrogen-bond donors (Lipinski definition) is 1. The monoisotopic (exact) mass is 275 g/mol. The third kappa shape index (κ3) is 2.67. The van der Waals surface area contributed by atoms with E-state index in [2.05, 4.69) is 23.3 Å². The van der Waals surface area contributed by atoms with E-state index in [1.807, 2.05) is 11.6 Å². The Morgan fingerprint density at radius 3 is 2.80 bits per heavy atom. The Bertz CT molecular complexity index is 543. The summed E-state index contributed by atoms with van der Waals surface area (Å²) < 4.78 is 1.87. The molecule has 0 atom stereocenters. The van der Waals surface area contributed by atoms with Crippen LogP contribution in [0.5, 0.6) is 0 Å². The van der Waals surface area contributed by atoms with Gasteiger partial charge in [0.15, 0.2) is 0 Å². The third-order valence-corrected chi connectivity index (χ3v) is 4.81. The van der Waals surface area contributed by atoms with E-state index in [4.69, 9.17) is 0 Å². The lowest BCUT2D eigenvalue weighted by molar-refractivity contribution is 0.305. The largest absolute Gasteiger partial charge is 0.315 e. The van der Waals surface area contributed by atoms with Crippen molar-refractivity contribution in [1.29, 1.82) is 0 Å². The van der Waals surface area contributed by atoms with Crippen molar-refractivity contribution in [1.82, 2.24) is 14.8 Å². The summed E-state index contributed by atoms with van der Waals surface area (Å²) in [7, 11) is 4.07. The number of rotatable bonds is 3. The van der Waals surface area contributed by atoms with E-state index in [1.165, 1.54) is 36.9 Å². The summed E-state index contributed by atoms with van der Waals surface area (Å²) in [5.74, 6) is 0. The average Bonchev–Trinajstić information content (AvgIpc) is 2.94. The first kappa shape index (κ1) is 13.8. The third-order valence-electron chi connectivity index (χ3n) is 4.81. The van der Waals surface area contributed by atoms with Crippen LogP contribution in [0.1, 0.15) is 42.5 Å². The molecule has 0 unspecified atom stereocenters. The highest BCUT2D eigenvalue weighted by atomic mass is 16.1. The van der Waals surface area contributed by atoms with Gasteiger partial charge in [0.1, 0.15) is 0 Å². The second-order valence-electron chi connectivity index (χ2n) is 6.36. The molecule has 0 amide bonds. The molecule has 0 bridgehead atoms. The molecule has 1 saturated carbocycles. The molecule has 1 N–H and O–H groups in total. The molecule has 1 aliphatic carbocycles. The van der Waals surface area contributed by atoms with Crippen molar-refractivity contribution in [2.45, 2.75) is 51.2 Å². The zero-order valence-electron chi connectivity index (χ0n) is 12.6. The highest BCUT2D eigenvalue weighted by Crippen LogP contribution is 2.19. The van der Waals surface area contributed by atoms with Crippen molar-refractivity contribution in [3.8, 4) is 0 Å². The standard InChI is InChI=1S/C16H25N3O/c1-18-8-7-15-13(11-18)9-12(16(20)19(15)2)10-17-14-5-3-4-6-14/h9,14,17H,3-8,10-11H2,1-2H3. The molecule has 0 saturated heterocycles. The highest BCUT2D eigenvalue weighted by molar-refractivity contribution is 5.28. The number of hydrogen-bond acceptors (Lipinski definition) is 3. The van der Waals surface area contributed by atoms with Crippen molar-refractivity contribution in [2.24, 2.45) is 7.05 Å². The van der Waals surface area contributed by atoms with E-state index in [0.29, 0.717) is 12.6 Å². The molecule has 1 aromatic heterocycles. The van der Waals surface area contributed by atoms with Crippen LogP contribution in [0.25, 0.3) is 0 Å². The molecule has 4 nitrogen and oxygen atoms in total. The minimum absolute atomic E-state index is 0.179. The maximum absolute atomic E-state index is 12.4. The molecule has 20 heavy (non-hydrogen) atoms. The van der Waals surface area contributed by atoms with Crippen LogP contribution in [0.3, 0.4) is 0 Å². The van der Waals surface area contributed by atoms with Gasteiger partial charge in [0.05, 0.1) is 0 Å². The maximum Gasteiger partial charge on any atom is 0.255 e. The zero-order valence-corrected chi connectivity index (χ0v) is 12.6. The lowest BCUT2D eigenvalue weighted by atomic mass is 10.0. The van der Waals surface area contributed by atoms with Gasteiger partial charge in [-0.05, 0) is 31.5 Å². The summed E-state index contributed by atoms with van der Waals surface area (Å²) >= 11 is 0. The van der Waals surface area contributed by atoms with Gasteiger partial charge in [-0.25, -0.2) is 0 Å². The van der Waals surface area contributed by atoms with E-state index < -0.39 is 0 Å². The number of likely N-dealkylation sites (N-methyl/N-ethyl adjacent to an activating group) is 1. The topological polar surface area (TPSA) is 37.3 Å². The summed E-state index contributed by atoms with van der Waals surface area (Å²) in [6, 6.07) is 2.74. The number of nitrogens with zero attached hydrogens (tertiary/aromatic N) is 2. The summed E-state index contributed by atoms with van der Waals surface area (Å²) in [5.41, 5.74) is 3.65. The SMILES string of the molecule is CN1CCc2c(cc(CNC3CCCC3)c(=O)n2C)C1. The van der Waals surface area contributed by atoms with Gasteiger partial charge >= 0.3 is 0 Å². The van der Waals surface area contributed by atoms with Gasteiger partial charge in [-0.15, -0.1) is 0 Å². The maximum atomic E-state index is 12.4. The summed E-state index contributed by atoms with van der Waals surface area (Å²) in [6.07, 6.45) is 6.14. The van der Waals surface area contributed by atoms with Gasteiger partial charge in [0, 0.05) is 50.4 Å². The highest BCUT2D eigenvalue weighted by Gasteiger charge is 2.19. The van der Waals surface area contributed by atoms with Crippen LogP contribution < -0.4 is 10.9 Å². The molecule has 2 heterocycles. The van der Waals surface area contributed by atoms with E-state index in [1.54, 1.807) is 0 Å². The van der Waals surface area contributed by atoms with Gasteiger partial charge in [-0.3, -0.25) is 4.79 Å². The quantitative estimate of drug-likeness (QED) is 0.906. The Kier molecular flexibility index (Phi) is 3.94. The second kappa shape index (κ2) is 5.70. The van der Waals surface area contributed by atoms with Gasteiger partial charge in [0.2, 0.25) is 0 Å². The van der Waals surface area contributed by atoms with Gasteiger partial charge in [-0.1, -0.05) is 12.8 Å². The lowest BCUT2D eigenvalue weighted by Crippen LogP contribution is -2.36. The van der Waals surface area contributed by atoms with E-state index >= 15 is 0 Å². The van der Waals surface area contributed by atoms with Crippen molar-refractivity contribution in [2.75, 3.05) is 13.6 Å². The number of pyridine rings is 1. The second-order valence-corrected chi connectivity index (χ2v) is 6.36. The molecule has 4 heteroatoms. The molecule has 0 spiro atoms. The normalized spacial score (nSPS) is 20.3. The van der Waals surface area contributed by atoms with Gasteiger partial charge in [-0.2, -0.15) is 0 Å². The number of aromatic nitrogens is 1. The Balaban J connectivity index is 1.81. The minimum Gasteiger partial charge on any atom is -0.315 e. The molecule has 0 radical (unpaired) electrons. The van der Waals surface area contributed by atoms with Crippen LogP contribution in [0.15, 0.2) is 10.9 Å². The summed E-state index contributed by atoms with van der Waals surface area (Å²) in [5, 5.41) is 3.56. The van der Waals surface area contributed by atoms with Crippen molar-refractivity contribution in [3.05, 3.63) is 33.2 Å². The van der Waals surface area contributed by atoms with Crippen LogP contribution in [-0.2, 0) is 26.6 Å². The number of nitrogens with one attached hydrogen (secondary N) is 1. The Morgan fingerprint density at radius 2 is 2.05 bits per heavy atom. The van der Waals surface area contributed by atoms with Crippen LogP contribution in [0, 0.1) is 0 Å². The fraction of sp³-hybridized carbons (Fsp3) is 0.688. The van der Waals surface area contributed by atoms with E-state index in [-0.39, 0.29) is 5.56 Å². The van der Waals surface area contributed by atoms with E-state index in [0.717, 1.165) is 25.1 Å². The molecule has 1 aromatic rings. The first-order valence-electron chi connectivity index (χ1n) is 7.77. The van der Waals surface area contributed by atoms with Crippen LogP contribution >= 0.6 is 0 Å². The average molecular weight is 275 g/mol. The van der Waals surface area contributed by atoms with Crippen LogP contribution in [0.2, 0.25) is 0 Å². The Hall–Kier alpha value is -1.13. The summed E-state index contributed by atoms with van der Waals surface area (Å²) in [4.78, 5) is 14.8. The van der Waals surface area contributed by atoms with Crippen LogP contribution in [-0.4, -0.2) is 29.1 Å². The summed E-state index contributed by atoms with van der Waals surface area (Å²) in [6.45, 7) is 2.72. The Labute approximate surface area is 120 Å². The zero-order chi connectivity index (χ0) is 14.1. The van der Waals surface area contributed by atoms with Gasteiger partial charge < -0.3 is 14.8 Å². The van der Waals surface area contributed by atoms with Crippen molar-refractivity contribution in [3.63, 3.8) is 0 Å². The molecule has 1 aliphatic heterocycles. The minimum atomic E-state index is 0.179. The molecule has 2 aliphatic rings. The molecule has 0 aromatic carbocycles. The number of fused-ring (bicyclic) bond motifs is 1. The van der Waals surface area contributed by atoms with Crippen molar-refractivity contribution >= 4 is 0 Å². The van der Waals surface area contributed by atoms with E-state index in [9.17, 15) is 4.79 Å². The van der Waals surface area contributed by atoms with Crippen molar-refractivity contribution < 1.29 is 0 Å². The predicted molar refractivity (Wildman–Crippen MR) is 80.8 cm³/mol. The Morgan fingerprint density at radius 1 is 1.30 bits per heavy atom. The van der Waals surface area contributed by atoms with Gasteiger partial charge in [0.25, 0.3) is 5.56 Å². The molecule has 1 fully saturated rings.